The first-order chi connectivity index (χ1) is 14.2. The molecule has 1 N–H and O–H groups in total. The van der Waals surface area contributed by atoms with Crippen molar-refractivity contribution in [2.24, 2.45) is 0 Å². The highest BCUT2D eigenvalue weighted by molar-refractivity contribution is 7.15. The highest BCUT2D eigenvalue weighted by Gasteiger charge is 2.23. The van der Waals surface area contributed by atoms with Crippen LogP contribution in [-0.2, 0) is 4.79 Å². The normalized spacial score (nSPS) is 18.6. The summed E-state index contributed by atoms with van der Waals surface area (Å²) in [6, 6.07) is 8.08. The van der Waals surface area contributed by atoms with Gasteiger partial charge >= 0.3 is 0 Å². The highest BCUT2D eigenvalue weighted by atomic mass is 32.1. The van der Waals surface area contributed by atoms with Gasteiger partial charge in [-0.25, -0.2) is 0 Å². The van der Waals surface area contributed by atoms with E-state index in [0.29, 0.717) is 17.6 Å². The minimum Gasteiger partial charge on any atom is -0.495 e. The van der Waals surface area contributed by atoms with Gasteiger partial charge in [0.05, 0.1) is 19.3 Å². The zero-order chi connectivity index (χ0) is 20.1. The summed E-state index contributed by atoms with van der Waals surface area (Å²) >= 11 is 1.54. The Labute approximate surface area is 176 Å². The summed E-state index contributed by atoms with van der Waals surface area (Å²) < 4.78 is 5.47. The number of carbonyl (C=O) groups excluding carboxylic acids is 1. The number of aromatic nitrogens is 2. The average molecular weight is 416 g/mol. The molecule has 4 rings (SSSR count). The van der Waals surface area contributed by atoms with Gasteiger partial charge in [-0.2, -0.15) is 0 Å². The van der Waals surface area contributed by atoms with E-state index in [-0.39, 0.29) is 5.91 Å². The number of hydrogen-bond donors (Lipinski definition) is 1. The summed E-state index contributed by atoms with van der Waals surface area (Å²) in [5.74, 6) is 1.40. The van der Waals surface area contributed by atoms with Crippen molar-refractivity contribution in [1.29, 1.82) is 0 Å². The average Bonchev–Trinajstić information content (AvgIpc) is 3.23. The molecule has 1 aliphatic carbocycles. The lowest BCUT2D eigenvalue weighted by molar-refractivity contribution is -0.117. The predicted octanol–water partition coefficient (Wildman–Crippen LogP) is 3.36. The number of benzene rings is 1. The van der Waals surface area contributed by atoms with Crippen molar-refractivity contribution < 1.29 is 9.53 Å². The molecule has 1 amide bonds. The number of nitrogens with zero attached hydrogens (tertiary/aromatic N) is 4. The largest absolute Gasteiger partial charge is 0.495 e. The van der Waals surface area contributed by atoms with Gasteiger partial charge in [0.2, 0.25) is 11.0 Å². The fourth-order valence-corrected chi connectivity index (χ4v) is 5.13. The van der Waals surface area contributed by atoms with Gasteiger partial charge in [0.1, 0.15) is 10.8 Å². The summed E-state index contributed by atoms with van der Waals surface area (Å²) in [4.78, 5) is 17.0. The van der Waals surface area contributed by atoms with Crippen LogP contribution in [0.5, 0.6) is 5.75 Å². The molecule has 1 aromatic heterocycles. The first-order valence-corrected chi connectivity index (χ1v) is 11.3. The molecule has 2 aromatic rings. The first kappa shape index (κ1) is 20.1. The number of rotatable bonds is 6. The van der Waals surface area contributed by atoms with Crippen LogP contribution in [0, 0.1) is 0 Å². The Hall–Kier alpha value is -2.19. The zero-order valence-corrected chi connectivity index (χ0v) is 17.8. The second-order valence-corrected chi connectivity index (χ2v) is 8.77. The van der Waals surface area contributed by atoms with Crippen LogP contribution >= 0.6 is 11.3 Å². The maximum absolute atomic E-state index is 12.5. The molecule has 0 bridgehead atoms. The molecule has 0 unspecified atom stereocenters. The van der Waals surface area contributed by atoms with Crippen molar-refractivity contribution >= 4 is 28.1 Å². The maximum atomic E-state index is 12.5. The third kappa shape index (κ3) is 5.05. The summed E-state index contributed by atoms with van der Waals surface area (Å²) in [5, 5.41) is 13.2. The van der Waals surface area contributed by atoms with E-state index in [0.717, 1.165) is 42.6 Å². The molecule has 1 saturated carbocycles. The summed E-state index contributed by atoms with van der Waals surface area (Å²) in [7, 11) is 1.70. The number of nitrogens with one attached hydrogen (secondary N) is 1. The lowest BCUT2D eigenvalue weighted by Gasteiger charge is -2.36. The third-order valence-electron chi connectivity index (χ3n) is 5.81. The number of hydrogen-bond acceptors (Lipinski definition) is 7. The molecule has 2 heterocycles. The van der Waals surface area contributed by atoms with Crippen LogP contribution in [0.3, 0.4) is 0 Å². The van der Waals surface area contributed by atoms with Crippen molar-refractivity contribution in [2.75, 3.05) is 50.1 Å². The molecule has 1 aromatic carbocycles. The van der Waals surface area contributed by atoms with Crippen molar-refractivity contribution in [3.05, 3.63) is 29.3 Å². The lowest BCUT2D eigenvalue weighted by atomic mass is 9.90. The Bertz CT molecular complexity index is 813. The number of piperazine rings is 1. The number of ether oxygens (including phenoxy) is 1. The second kappa shape index (κ2) is 9.54. The van der Waals surface area contributed by atoms with E-state index < -0.39 is 0 Å². The highest BCUT2D eigenvalue weighted by Crippen LogP contribution is 2.35. The smallest absolute Gasteiger partial charge is 0.240 e. The van der Waals surface area contributed by atoms with E-state index in [1.807, 2.05) is 18.2 Å². The predicted molar refractivity (Wildman–Crippen MR) is 116 cm³/mol. The quantitative estimate of drug-likeness (QED) is 0.780. The van der Waals surface area contributed by atoms with Gasteiger partial charge in [-0.15, -0.1) is 10.2 Å². The van der Waals surface area contributed by atoms with Crippen molar-refractivity contribution in [2.45, 2.75) is 38.0 Å². The summed E-state index contributed by atoms with van der Waals surface area (Å²) in [6.45, 7) is 3.82. The van der Waals surface area contributed by atoms with Gasteiger partial charge in [-0.3, -0.25) is 15.0 Å². The van der Waals surface area contributed by atoms with E-state index in [4.69, 9.17) is 4.74 Å². The molecule has 2 fully saturated rings. The van der Waals surface area contributed by atoms with Gasteiger partial charge in [0.15, 0.2) is 0 Å². The van der Waals surface area contributed by atoms with Gasteiger partial charge in [-0.05, 0) is 25.0 Å². The van der Waals surface area contributed by atoms with E-state index >= 15 is 0 Å². The van der Waals surface area contributed by atoms with Crippen LogP contribution in [0.1, 0.15) is 43.0 Å². The fourth-order valence-electron chi connectivity index (χ4n) is 4.20. The van der Waals surface area contributed by atoms with Crippen LogP contribution < -0.4 is 15.0 Å². The van der Waals surface area contributed by atoms with Gasteiger partial charge in [0, 0.05) is 32.1 Å². The molecule has 0 spiro atoms. The van der Waals surface area contributed by atoms with Crippen LogP contribution in [-0.4, -0.2) is 60.8 Å². The molecule has 0 atom stereocenters. The van der Waals surface area contributed by atoms with Crippen molar-refractivity contribution in [1.82, 2.24) is 15.1 Å². The second-order valence-electron chi connectivity index (χ2n) is 7.76. The van der Waals surface area contributed by atoms with E-state index in [9.17, 15) is 4.79 Å². The molecule has 1 aliphatic heterocycles. The number of carbonyl (C=O) groups is 1. The van der Waals surface area contributed by atoms with Gasteiger partial charge in [0.25, 0.3) is 0 Å². The molecule has 1 saturated heterocycles. The van der Waals surface area contributed by atoms with Crippen LogP contribution in [0.25, 0.3) is 0 Å². The number of amides is 1. The van der Waals surface area contributed by atoms with Gasteiger partial charge in [-0.1, -0.05) is 42.7 Å². The molecule has 2 aliphatic rings. The topological polar surface area (TPSA) is 70.6 Å². The molecule has 0 radical (unpaired) electrons. The van der Waals surface area contributed by atoms with Crippen LogP contribution in [0.2, 0.25) is 0 Å². The Morgan fingerprint density at radius 2 is 1.90 bits per heavy atom. The summed E-state index contributed by atoms with van der Waals surface area (Å²) in [6.07, 6.45) is 6.25. The van der Waals surface area contributed by atoms with Gasteiger partial charge < -0.3 is 9.64 Å². The van der Waals surface area contributed by atoms with Crippen LogP contribution in [0.15, 0.2) is 24.3 Å². The molecular weight excluding hydrogens is 386 g/mol. The molecule has 7 nitrogen and oxygen atoms in total. The maximum Gasteiger partial charge on any atom is 0.240 e. The fraction of sp³-hybridized carbons (Fsp3) is 0.571. The third-order valence-corrected chi connectivity index (χ3v) is 6.81. The van der Waals surface area contributed by atoms with E-state index in [1.165, 1.54) is 43.4 Å². The summed E-state index contributed by atoms with van der Waals surface area (Å²) in [5.41, 5.74) is 1.11. The zero-order valence-electron chi connectivity index (χ0n) is 17.0. The number of para-hydroxylation sites is 2. The Morgan fingerprint density at radius 1 is 1.14 bits per heavy atom. The molecule has 156 valence electrons. The standard InChI is InChI=1S/C21H29N5O2S/c1-28-18-10-6-5-9-17(18)26-13-11-25(12-14-26)15-19(27)22-21-24-23-20(29-21)16-7-3-2-4-8-16/h5-6,9-10,16H,2-4,7-8,11-15H2,1H3,(H,22,24,27). The van der Waals surface area contributed by atoms with Crippen molar-refractivity contribution in [3.8, 4) is 5.75 Å². The van der Waals surface area contributed by atoms with Crippen molar-refractivity contribution in [3.63, 3.8) is 0 Å². The number of anilines is 2. The molecule has 29 heavy (non-hydrogen) atoms. The SMILES string of the molecule is COc1ccccc1N1CCN(CC(=O)Nc2nnc(C3CCCCC3)s2)CC1. The minimum atomic E-state index is -0.0120. The van der Waals surface area contributed by atoms with E-state index in [1.54, 1.807) is 7.11 Å². The Kier molecular flexibility index (Phi) is 6.61. The Balaban J connectivity index is 1.25. The monoisotopic (exact) mass is 415 g/mol. The Morgan fingerprint density at radius 3 is 2.66 bits per heavy atom. The first-order valence-electron chi connectivity index (χ1n) is 10.5. The minimum absolute atomic E-state index is 0.0120. The number of methoxy groups -OCH3 is 1. The van der Waals surface area contributed by atoms with E-state index in [2.05, 4.69) is 31.4 Å². The molecule has 8 heteroatoms. The lowest BCUT2D eigenvalue weighted by Crippen LogP contribution is -2.48. The van der Waals surface area contributed by atoms with Crippen LogP contribution in [0.4, 0.5) is 10.8 Å². The molecular formula is C21H29N5O2S.